The van der Waals surface area contributed by atoms with E-state index in [1.54, 1.807) is 48.5 Å². The summed E-state index contributed by atoms with van der Waals surface area (Å²) in [4.78, 5) is 46.7. The van der Waals surface area contributed by atoms with E-state index in [2.05, 4.69) is 15.3 Å². The monoisotopic (exact) mass is 409 g/mol. The Bertz CT molecular complexity index is 1380. The van der Waals surface area contributed by atoms with Crippen LogP contribution in [0.15, 0.2) is 73.1 Å². The number of nitrogens with zero attached hydrogens (tertiary/aromatic N) is 2. The van der Waals surface area contributed by atoms with Crippen molar-refractivity contribution in [3.8, 4) is 5.88 Å². The molecular formula is C24H15N3O4. The molecule has 0 saturated heterocycles. The van der Waals surface area contributed by atoms with Crippen molar-refractivity contribution in [1.29, 1.82) is 0 Å². The molecule has 0 aliphatic heterocycles. The topological polar surface area (TPSA) is 98.2 Å². The number of amides is 1. The summed E-state index contributed by atoms with van der Waals surface area (Å²) in [6.07, 6.45) is 1.37. The maximum Gasteiger partial charge on any atom is 0.262 e. The van der Waals surface area contributed by atoms with Crippen molar-refractivity contribution in [1.82, 2.24) is 9.97 Å². The second-order valence-corrected chi connectivity index (χ2v) is 6.96. The highest BCUT2D eigenvalue weighted by Gasteiger charge is 2.31. The normalized spacial score (nSPS) is 12.3. The van der Waals surface area contributed by atoms with Crippen LogP contribution in [0.25, 0.3) is 10.9 Å². The van der Waals surface area contributed by atoms with E-state index in [9.17, 15) is 14.4 Å². The molecule has 1 aliphatic rings. The number of hydrogen-bond acceptors (Lipinski definition) is 6. The van der Waals surface area contributed by atoms with Crippen molar-refractivity contribution in [3.63, 3.8) is 0 Å². The predicted octanol–water partition coefficient (Wildman–Crippen LogP) is 3.42. The van der Waals surface area contributed by atoms with Crippen molar-refractivity contribution in [2.24, 2.45) is 0 Å². The van der Waals surface area contributed by atoms with Crippen molar-refractivity contribution in [3.05, 3.63) is 95.3 Å². The first kappa shape index (κ1) is 18.6. The molecule has 1 amide bonds. The number of rotatable bonds is 4. The Labute approximate surface area is 176 Å². The molecule has 4 aromatic rings. The molecule has 0 atom stereocenters. The molecule has 0 fully saturated rings. The highest BCUT2D eigenvalue weighted by molar-refractivity contribution is 6.30. The van der Waals surface area contributed by atoms with Gasteiger partial charge in [-0.3, -0.25) is 14.4 Å². The summed E-state index contributed by atoms with van der Waals surface area (Å²) >= 11 is 0. The Balaban J connectivity index is 1.39. The number of fused-ring (bicyclic) bond motifs is 3. The SMILES string of the molecule is O=C(COc1ncnc2ccccc12)Nc1cccc2c1C(=O)c1ccccc1C2=O. The molecule has 1 aromatic heterocycles. The average Bonchev–Trinajstić information content (AvgIpc) is 2.81. The Hall–Kier alpha value is -4.39. The molecule has 0 radical (unpaired) electrons. The number of carbonyl (C=O) groups is 3. The van der Waals surface area contributed by atoms with E-state index in [4.69, 9.17) is 4.74 Å². The molecule has 0 spiro atoms. The Morgan fingerprint density at radius 3 is 2.35 bits per heavy atom. The van der Waals surface area contributed by atoms with E-state index in [-0.39, 0.29) is 40.9 Å². The highest BCUT2D eigenvalue weighted by Crippen LogP contribution is 2.32. The van der Waals surface area contributed by atoms with Gasteiger partial charge in [0.05, 0.1) is 22.2 Å². The zero-order valence-electron chi connectivity index (χ0n) is 16.2. The minimum atomic E-state index is -0.477. The molecule has 7 nitrogen and oxygen atoms in total. The van der Waals surface area contributed by atoms with Crippen molar-refractivity contribution in [2.75, 3.05) is 11.9 Å². The second kappa shape index (κ2) is 7.46. The maximum atomic E-state index is 13.0. The van der Waals surface area contributed by atoms with Gasteiger partial charge in [-0.1, -0.05) is 48.5 Å². The quantitative estimate of drug-likeness (QED) is 0.488. The maximum absolute atomic E-state index is 13.0. The van der Waals surface area contributed by atoms with Gasteiger partial charge in [0.25, 0.3) is 5.91 Å². The fourth-order valence-corrected chi connectivity index (χ4v) is 3.66. The second-order valence-electron chi connectivity index (χ2n) is 6.96. The lowest BCUT2D eigenvalue weighted by atomic mass is 9.83. The van der Waals surface area contributed by atoms with Crippen molar-refractivity contribution < 1.29 is 19.1 Å². The lowest BCUT2D eigenvalue weighted by Gasteiger charge is -2.20. The van der Waals surface area contributed by atoms with E-state index in [1.165, 1.54) is 6.33 Å². The van der Waals surface area contributed by atoms with Gasteiger partial charge in [0.1, 0.15) is 6.33 Å². The number of nitrogens with one attached hydrogen (secondary N) is 1. The van der Waals surface area contributed by atoms with Gasteiger partial charge < -0.3 is 10.1 Å². The van der Waals surface area contributed by atoms with Gasteiger partial charge in [-0.2, -0.15) is 0 Å². The van der Waals surface area contributed by atoms with Gasteiger partial charge in [0, 0.05) is 16.7 Å². The fourth-order valence-electron chi connectivity index (χ4n) is 3.66. The van der Waals surface area contributed by atoms with E-state index >= 15 is 0 Å². The molecule has 3 aromatic carbocycles. The fraction of sp³-hybridized carbons (Fsp3) is 0.0417. The largest absolute Gasteiger partial charge is 0.467 e. The molecule has 31 heavy (non-hydrogen) atoms. The third kappa shape index (κ3) is 3.22. The summed E-state index contributed by atoms with van der Waals surface area (Å²) < 4.78 is 5.59. The van der Waals surface area contributed by atoms with Crippen molar-refractivity contribution >= 4 is 34.1 Å². The van der Waals surface area contributed by atoms with Gasteiger partial charge >= 0.3 is 0 Å². The van der Waals surface area contributed by atoms with E-state index in [1.807, 2.05) is 18.2 Å². The number of anilines is 1. The van der Waals surface area contributed by atoms with Crippen LogP contribution < -0.4 is 10.1 Å². The molecule has 1 N–H and O–H groups in total. The Kier molecular flexibility index (Phi) is 4.48. The Morgan fingerprint density at radius 1 is 0.806 bits per heavy atom. The Morgan fingerprint density at radius 2 is 1.52 bits per heavy atom. The molecule has 7 heteroatoms. The first-order valence-corrected chi connectivity index (χ1v) is 9.57. The van der Waals surface area contributed by atoms with Crippen LogP contribution in [0.2, 0.25) is 0 Å². The first-order valence-electron chi connectivity index (χ1n) is 9.57. The molecule has 0 saturated carbocycles. The number of benzene rings is 3. The standard InChI is InChI=1S/C24H15N3O4/c28-20(12-31-24-16-8-3-4-10-18(16)25-13-26-24)27-19-11-5-9-17-21(19)23(30)15-7-2-1-6-14(15)22(17)29/h1-11,13H,12H2,(H,27,28). The minimum Gasteiger partial charge on any atom is -0.467 e. The van der Waals surface area contributed by atoms with Gasteiger partial charge in [-0.15, -0.1) is 0 Å². The number of ketones is 2. The predicted molar refractivity (Wildman–Crippen MR) is 113 cm³/mol. The number of carbonyl (C=O) groups excluding carboxylic acids is 3. The molecule has 0 unspecified atom stereocenters. The smallest absolute Gasteiger partial charge is 0.262 e. The number of hydrogen-bond donors (Lipinski definition) is 1. The van der Waals surface area contributed by atoms with Gasteiger partial charge in [0.2, 0.25) is 5.88 Å². The van der Waals surface area contributed by atoms with Crippen LogP contribution in [0, 0.1) is 0 Å². The lowest BCUT2D eigenvalue weighted by molar-refractivity contribution is -0.118. The molecule has 1 aliphatic carbocycles. The van der Waals surface area contributed by atoms with Crippen LogP contribution in [-0.4, -0.2) is 34.0 Å². The van der Waals surface area contributed by atoms with Crippen LogP contribution in [0.5, 0.6) is 5.88 Å². The van der Waals surface area contributed by atoms with Crippen LogP contribution >= 0.6 is 0 Å². The number of para-hydroxylation sites is 1. The summed E-state index contributed by atoms with van der Waals surface area (Å²) in [6.45, 7) is -0.316. The summed E-state index contributed by atoms with van der Waals surface area (Å²) in [5, 5.41) is 3.38. The van der Waals surface area contributed by atoms with Crippen molar-refractivity contribution in [2.45, 2.75) is 0 Å². The zero-order valence-corrected chi connectivity index (χ0v) is 16.2. The molecule has 1 heterocycles. The average molecular weight is 409 g/mol. The van der Waals surface area contributed by atoms with Gasteiger partial charge in [0.15, 0.2) is 18.2 Å². The molecule has 5 rings (SSSR count). The lowest BCUT2D eigenvalue weighted by Crippen LogP contribution is -2.26. The molecule has 150 valence electrons. The number of aromatic nitrogens is 2. The van der Waals surface area contributed by atoms with E-state index < -0.39 is 5.91 Å². The summed E-state index contributed by atoms with van der Waals surface area (Å²) in [5.74, 6) is -0.736. The first-order chi connectivity index (χ1) is 15.1. The summed E-state index contributed by atoms with van der Waals surface area (Å²) in [5.41, 5.74) is 2.11. The van der Waals surface area contributed by atoms with Gasteiger partial charge in [-0.05, 0) is 18.2 Å². The summed E-state index contributed by atoms with van der Waals surface area (Å²) in [6, 6.07) is 18.8. The van der Waals surface area contributed by atoms with Crippen LogP contribution in [0.3, 0.4) is 0 Å². The minimum absolute atomic E-state index is 0.187. The summed E-state index contributed by atoms with van der Waals surface area (Å²) in [7, 11) is 0. The molecular weight excluding hydrogens is 394 g/mol. The third-order valence-corrected chi connectivity index (χ3v) is 5.07. The zero-order chi connectivity index (χ0) is 21.4. The van der Waals surface area contributed by atoms with E-state index in [0.717, 1.165) is 0 Å². The highest BCUT2D eigenvalue weighted by atomic mass is 16.5. The van der Waals surface area contributed by atoms with E-state index in [0.29, 0.717) is 22.0 Å². The number of ether oxygens (including phenoxy) is 1. The van der Waals surface area contributed by atoms with Crippen LogP contribution in [0.1, 0.15) is 31.8 Å². The third-order valence-electron chi connectivity index (χ3n) is 5.07. The van der Waals surface area contributed by atoms with Crippen LogP contribution in [0.4, 0.5) is 5.69 Å². The van der Waals surface area contributed by atoms with Crippen LogP contribution in [-0.2, 0) is 4.79 Å². The van der Waals surface area contributed by atoms with Gasteiger partial charge in [-0.25, -0.2) is 9.97 Å². The molecule has 0 bridgehead atoms.